The number of carbonyl (C=O) groups is 3. The third-order valence-corrected chi connectivity index (χ3v) is 4.29. The standard InChI is InChI=1S/C17H19N3O3S/c1-10(2)14(20-16(22)13-4-3-9-24-13)17(23)19-12-7-5-11(6-8-12)15(18)21/h3-10,14H,1-2H3,(H2,18,21)(H,19,23)(H,20,22). The van der Waals surface area contributed by atoms with E-state index in [4.69, 9.17) is 5.73 Å². The third kappa shape index (κ3) is 4.42. The summed E-state index contributed by atoms with van der Waals surface area (Å²) in [6, 6.07) is 9.07. The van der Waals surface area contributed by atoms with Gasteiger partial charge < -0.3 is 16.4 Å². The van der Waals surface area contributed by atoms with E-state index in [0.29, 0.717) is 16.1 Å². The van der Waals surface area contributed by atoms with E-state index in [1.807, 2.05) is 13.8 Å². The SMILES string of the molecule is CC(C)C(NC(=O)c1cccs1)C(=O)Nc1ccc(C(N)=O)cc1. The first-order valence-corrected chi connectivity index (χ1v) is 8.31. The Morgan fingerprint density at radius 1 is 1.08 bits per heavy atom. The van der Waals surface area contributed by atoms with Crippen LogP contribution in [0.15, 0.2) is 41.8 Å². The lowest BCUT2D eigenvalue weighted by Gasteiger charge is -2.21. The lowest BCUT2D eigenvalue weighted by molar-refractivity contribution is -0.118. The fraction of sp³-hybridized carbons (Fsp3) is 0.235. The molecule has 126 valence electrons. The van der Waals surface area contributed by atoms with Crippen LogP contribution in [0.1, 0.15) is 33.9 Å². The van der Waals surface area contributed by atoms with Crippen molar-refractivity contribution >= 4 is 34.7 Å². The van der Waals surface area contributed by atoms with Crippen molar-refractivity contribution in [3.05, 3.63) is 52.2 Å². The largest absolute Gasteiger partial charge is 0.366 e. The van der Waals surface area contributed by atoms with Crippen LogP contribution in [0.5, 0.6) is 0 Å². The number of rotatable bonds is 6. The van der Waals surface area contributed by atoms with Gasteiger partial charge in [0.2, 0.25) is 11.8 Å². The molecule has 0 saturated carbocycles. The maximum Gasteiger partial charge on any atom is 0.262 e. The van der Waals surface area contributed by atoms with Gasteiger partial charge in [0.1, 0.15) is 6.04 Å². The number of nitrogens with one attached hydrogen (secondary N) is 2. The van der Waals surface area contributed by atoms with Crippen LogP contribution < -0.4 is 16.4 Å². The van der Waals surface area contributed by atoms with Crippen LogP contribution in [-0.2, 0) is 4.79 Å². The predicted molar refractivity (Wildman–Crippen MR) is 94.0 cm³/mol. The molecule has 0 aliphatic carbocycles. The van der Waals surface area contributed by atoms with Gasteiger partial charge in [0, 0.05) is 11.3 Å². The Morgan fingerprint density at radius 3 is 2.25 bits per heavy atom. The van der Waals surface area contributed by atoms with Crippen molar-refractivity contribution in [3.8, 4) is 0 Å². The highest BCUT2D eigenvalue weighted by Gasteiger charge is 2.25. The van der Waals surface area contributed by atoms with E-state index < -0.39 is 11.9 Å². The second kappa shape index (κ2) is 7.74. The maximum atomic E-state index is 12.5. The van der Waals surface area contributed by atoms with Gasteiger partial charge in [-0.1, -0.05) is 19.9 Å². The number of hydrogen-bond acceptors (Lipinski definition) is 4. The molecular weight excluding hydrogens is 326 g/mol. The third-order valence-electron chi connectivity index (χ3n) is 3.42. The van der Waals surface area contributed by atoms with Crippen LogP contribution in [0.2, 0.25) is 0 Å². The predicted octanol–water partition coefficient (Wildman–Crippen LogP) is 2.24. The molecule has 2 aromatic rings. The minimum atomic E-state index is -0.671. The van der Waals surface area contributed by atoms with Crippen LogP contribution in [0.3, 0.4) is 0 Å². The number of anilines is 1. The van der Waals surface area contributed by atoms with E-state index in [1.165, 1.54) is 23.5 Å². The number of thiophene rings is 1. The van der Waals surface area contributed by atoms with E-state index in [-0.39, 0.29) is 17.7 Å². The number of hydrogen-bond donors (Lipinski definition) is 3. The molecule has 0 saturated heterocycles. The lowest BCUT2D eigenvalue weighted by Crippen LogP contribution is -2.46. The quantitative estimate of drug-likeness (QED) is 0.748. The molecule has 6 nitrogen and oxygen atoms in total. The monoisotopic (exact) mass is 345 g/mol. The summed E-state index contributed by atoms with van der Waals surface area (Å²) in [5.74, 6) is -1.21. The van der Waals surface area contributed by atoms with E-state index in [0.717, 1.165) is 0 Å². The highest BCUT2D eigenvalue weighted by Crippen LogP contribution is 2.13. The molecule has 1 unspecified atom stereocenters. The van der Waals surface area contributed by atoms with Gasteiger partial charge in [0.25, 0.3) is 5.91 Å². The van der Waals surface area contributed by atoms with E-state index in [9.17, 15) is 14.4 Å². The number of carbonyl (C=O) groups excluding carboxylic acids is 3. The molecule has 0 fully saturated rings. The number of benzene rings is 1. The van der Waals surface area contributed by atoms with Crippen molar-refractivity contribution < 1.29 is 14.4 Å². The second-order valence-electron chi connectivity index (χ2n) is 5.60. The molecule has 0 aliphatic heterocycles. The van der Waals surface area contributed by atoms with Crippen molar-refractivity contribution in [2.75, 3.05) is 5.32 Å². The summed E-state index contributed by atoms with van der Waals surface area (Å²) in [4.78, 5) is 36.2. The Balaban J connectivity index is 2.06. The Morgan fingerprint density at radius 2 is 1.75 bits per heavy atom. The van der Waals surface area contributed by atoms with Crippen LogP contribution in [0.25, 0.3) is 0 Å². The van der Waals surface area contributed by atoms with Gasteiger partial charge in [0.15, 0.2) is 0 Å². The molecule has 24 heavy (non-hydrogen) atoms. The summed E-state index contributed by atoms with van der Waals surface area (Å²) in [6.07, 6.45) is 0. The molecule has 0 aliphatic rings. The van der Waals surface area contributed by atoms with Crippen molar-refractivity contribution in [1.29, 1.82) is 0 Å². The summed E-state index contributed by atoms with van der Waals surface area (Å²) in [5.41, 5.74) is 6.07. The average Bonchev–Trinajstić information content (AvgIpc) is 3.07. The van der Waals surface area contributed by atoms with Gasteiger partial charge in [-0.2, -0.15) is 0 Å². The molecule has 4 N–H and O–H groups in total. The first kappa shape index (κ1) is 17.7. The minimum Gasteiger partial charge on any atom is -0.366 e. The zero-order valence-corrected chi connectivity index (χ0v) is 14.2. The van der Waals surface area contributed by atoms with Gasteiger partial charge >= 0.3 is 0 Å². The summed E-state index contributed by atoms with van der Waals surface area (Å²) < 4.78 is 0. The highest BCUT2D eigenvalue weighted by atomic mass is 32.1. The van der Waals surface area contributed by atoms with Crippen molar-refractivity contribution in [2.45, 2.75) is 19.9 Å². The van der Waals surface area contributed by atoms with E-state index >= 15 is 0 Å². The van der Waals surface area contributed by atoms with Gasteiger partial charge in [-0.05, 0) is 41.6 Å². The number of nitrogens with two attached hydrogens (primary N) is 1. The van der Waals surface area contributed by atoms with Crippen molar-refractivity contribution in [2.24, 2.45) is 11.7 Å². The smallest absolute Gasteiger partial charge is 0.262 e. The maximum absolute atomic E-state index is 12.5. The summed E-state index contributed by atoms with van der Waals surface area (Å²) >= 11 is 1.32. The molecule has 0 bridgehead atoms. The first-order valence-electron chi connectivity index (χ1n) is 7.43. The van der Waals surface area contributed by atoms with Gasteiger partial charge in [0.05, 0.1) is 4.88 Å². The van der Waals surface area contributed by atoms with E-state index in [1.54, 1.807) is 29.6 Å². The fourth-order valence-electron chi connectivity index (χ4n) is 2.09. The lowest BCUT2D eigenvalue weighted by atomic mass is 10.0. The zero-order chi connectivity index (χ0) is 17.7. The van der Waals surface area contributed by atoms with Gasteiger partial charge in [-0.3, -0.25) is 14.4 Å². The molecule has 7 heteroatoms. The van der Waals surface area contributed by atoms with Crippen molar-refractivity contribution in [1.82, 2.24) is 5.32 Å². The second-order valence-corrected chi connectivity index (χ2v) is 6.55. The molecule has 1 atom stereocenters. The molecule has 1 heterocycles. The molecular formula is C17H19N3O3S. The van der Waals surface area contributed by atoms with E-state index in [2.05, 4.69) is 10.6 Å². The summed E-state index contributed by atoms with van der Waals surface area (Å²) in [7, 11) is 0. The Labute approximate surface area is 144 Å². The molecule has 3 amide bonds. The topological polar surface area (TPSA) is 101 Å². The van der Waals surface area contributed by atoms with Crippen LogP contribution >= 0.6 is 11.3 Å². The van der Waals surface area contributed by atoms with Crippen LogP contribution in [0.4, 0.5) is 5.69 Å². The van der Waals surface area contributed by atoms with Gasteiger partial charge in [-0.15, -0.1) is 11.3 Å². The number of primary amides is 1. The Hall–Kier alpha value is -2.67. The molecule has 1 aromatic carbocycles. The normalized spacial score (nSPS) is 11.8. The number of amides is 3. The molecule has 2 rings (SSSR count). The Kier molecular flexibility index (Phi) is 5.70. The summed E-state index contributed by atoms with van der Waals surface area (Å²) in [5, 5.41) is 7.30. The zero-order valence-electron chi connectivity index (χ0n) is 13.4. The fourth-order valence-corrected chi connectivity index (χ4v) is 2.72. The highest BCUT2D eigenvalue weighted by molar-refractivity contribution is 7.12. The Bertz CT molecular complexity index is 724. The minimum absolute atomic E-state index is 0.0844. The van der Waals surface area contributed by atoms with Gasteiger partial charge in [-0.25, -0.2) is 0 Å². The molecule has 0 radical (unpaired) electrons. The van der Waals surface area contributed by atoms with Crippen LogP contribution in [0, 0.1) is 5.92 Å². The molecule has 0 spiro atoms. The molecule has 1 aromatic heterocycles. The average molecular weight is 345 g/mol. The van der Waals surface area contributed by atoms with Crippen LogP contribution in [-0.4, -0.2) is 23.8 Å². The van der Waals surface area contributed by atoms with Crippen molar-refractivity contribution in [3.63, 3.8) is 0 Å². The first-order chi connectivity index (χ1) is 11.4. The summed E-state index contributed by atoms with van der Waals surface area (Å²) in [6.45, 7) is 3.71.